The van der Waals surface area contributed by atoms with E-state index >= 15 is 0 Å². The number of carboxylic acids is 1. The summed E-state index contributed by atoms with van der Waals surface area (Å²) in [4.78, 5) is 30.1. The molecule has 1 unspecified atom stereocenters. The molecule has 0 aromatic carbocycles. The number of carbonyl (C=O) groups excluding carboxylic acids is 1. The Labute approximate surface area is 139 Å². The lowest BCUT2D eigenvalue weighted by Gasteiger charge is -2.39. The Kier molecular flexibility index (Phi) is 6.84. The average Bonchev–Trinajstić information content (AvgIpc) is 3.00. The van der Waals surface area contributed by atoms with E-state index in [0.717, 1.165) is 64.8 Å². The number of amides is 1. The van der Waals surface area contributed by atoms with Gasteiger partial charge in [0.1, 0.15) is 0 Å². The number of likely N-dealkylation sites (tertiary alicyclic amines) is 2. The number of piperidine rings is 1. The van der Waals surface area contributed by atoms with Crippen LogP contribution in [-0.2, 0) is 9.59 Å². The van der Waals surface area contributed by atoms with Gasteiger partial charge >= 0.3 is 5.97 Å². The van der Waals surface area contributed by atoms with Gasteiger partial charge in [-0.25, -0.2) is 0 Å². The Hall–Kier alpha value is -1.14. The van der Waals surface area contributed by atoms with E-state index in [-0.39, 0.29) is 24.5 Å². The molecular formula is C17H31N3O3. The van der Waals surface area contributed by atoms with E-state index in [1.807, 2.05) is 16.7 Å². The molecule has 6 nitrogen and oxygen atoms in total. The molecule has 2 heterocycles. The highest BCUT2D eigenvalue weighted by molar-refractivity contribution is 5.82. The number of carboxylic acid groups (broad SMARTS) is 1. The van der Waals surface area contributed by atoms with Crippen LogP contribution in [0.3, 0.4) is 0 Å². The van der Waals surface area contributed by atoms with Gasteiger partial charge in [-0.05, 0) is 51.7 Å². The third-order valence-electron chi connectivity index (χ3n) is 5.20. The van der Waals surface area contributed by atoms with Crippen molar-refractivity contribution in [2.45, 2.75) is 58.0 Å². The van der Waals surface area contributed by atoms with Crippen molar-refractivity contribution in [1.82, 2.24) is 14.7 Å². The summed E-state index contributed by atoms with van der Waals surface area (Å²) in [5.41, 5.74) is 0. The molecule has 6 heteroatoms. The Bertz CT molecular complexity index is 408. The summed E-state index contributed by atoms with van der Waals surface area (Å²) in [6, 6.07) is 0.364. The first-order valence-corrected chi connectivity index (χ1v) is 9.05. The van der Waals surface area contributed by atoms with E-state index in [1.165, 1.54) is 0 Å². The fourth-order valence-electron chi connectivity index (χ4n) is 4.00. The number of hydrogen-bond acceptors (Lipinski definition) is 4. The molecule has 2 rings (SSSR count). The van der Waals surface area contributed by atoms with Crippen LogP contribution in [0.2, 0.25) is 0 Å². The topological polar surface area (TPSA) is 64.1 Å². The van der Waals surface area contributed by atoms with E-state index < -0.39 is 5.97 Å². The molecule has 0 aromatic heterocycles. The SMILES string of the molecule is CCCN1CCCC1C(=O)N1CCC(N(CC)CC(=O)O)CC1. The fourth-order valence-corrected chi connectivity index (χ4v) is 4.00. The Morgan fingerprint density at radius 3 is 2.39 bits per heavy atom. The predicted molar refractivity (Wildman–Crippen MR) is 89.4 cm³/mol. The zero-order valence-electron chi connectivity index (χ0n) is 14.5. The molecule has 1 amide bonds. The number of hydrogen-bond donors (Lipinski definition) is 1. The van der Waals surface area contributed by atoms with Gasteiger partial charge in [-0.3, -0.25) is 19.4 Å². The van der Waals surface area contributed by atoms with Crippen molar-refractivity contribution in [1.29, 1.82) is 0 Å². The molecule has 0 aliphatic carbocycles. The van der Waals surface area contributed by atoms with E-state index in [2.05, 4.69) is 11.8 Å². The summed E-state index contributed by atoms with van der Waals surface area (Å²) in [5, 5.41) is 9.00. The van der Waals surface area contributed by atoms with Gasteiger partial charge in [-0.1, -0.05) is 13.8 Å². The van der Waals surface area contributed by atoms with Crippen molar-refractivity contribution >= 4 is 11.9 Å². The standard InChI is InChI=1S/C17H31N3O3/c1-3-9-19-10-5-6-15(19)17(23)20-11-7-14(8-12-20)18(4-2)13-16(21)22/h14-15H,3-13H2,1-2H3,(H,21,22). The van der Waals surface area contributed by atoms with Crippen molar-refractivity contribution < 1.29 is 14.7 Å². The maximum Gasteiger partial charge on any atom is 0.317 e. The van der Waals surface area contributed by atoms with Crippen molar-refractivity contribution in [3.63, 3.8) is 0 Å². The van der Waals surface area contributed by atoms with E-state index in [4.69, 9.17) is 5.11 Å². The molecule has 2 saturated heterocycles. The zero-order chi connectivity index (χ0) is 16.8. The second kappa shape index (κ2) is 8.64. The first-order valence-electron chi connectivity index (χ1n) is 9.05. The molecular weight excluding hydrogens is 294 g/mol. The lowest BCUT2D eigenvalue weighted by atomic mass is 10.0. The van der Waals surface area contributed by atoms with Crippen LogP contribution in [0.5, 0.6) is 0 Å². The van der Waals surface area contributed by atoms with Crippen molar-refractivity contribution in [3.05, 3.63) is 0 Å². The summed E-state index contributed by atoms with van der Waals surface area (Å²) in [7, 11) is 0. The number of rotatable bonds is 7. The first-order chi connectivity index (χ1) is 11.1. The van der Waals surface area contributed by atoms with Gasteiger partial charge in [0.05, 0.1) is 12.6 Å². The largest absolute Gasteiger partial charge is 0.480 e. The molecule has 0 bridgehead atoms. The van der Waals surface area contributed by atoms with Gasteiger partial charge in [0, 0.05) is 19.1 Å². The molecule has 23 heavy (non-hydrogen) atoms. The van der Waals surface area contributed by atoms with E-state index in [9.17, 15) is 9.59 Å². The third kappa shape index (κ3) is 4.67. The van der Waals surface area contributed by atoms with Gasteiger partial charge < -0.3 is 10.0 Å². The second-order valence-electron chi connectivity index (χ2n) is 6.71. The summed E-state index contributed by atoms with van der Waals surface area (Å²) in [6.45, 7) is 8.58. The second-order valence-corrected chi connectivity index (χ2v) is 6.71. The van der Waals surface area contributed by atoms with Crippen LogP contribution in [-0.4, -0.2) is 83.0 Å². The highest BCUT2D eigenvalue weighted by Crippen LogP contribution is 2.23. The summed E-state index contributed by atoms with van der Waals surface area (Å²) >= 11 is 0. The summed E-state index contributed by atoms with van der Waals surface area (Å²) in [6.07, 6.45) is 4.96. The third-order valence-corrected chi connectivity index (χ3v) is 5.20. The minimum absolute atomic E-state index is 0.0767. The average molecular weight is 325 g/mol. The Balaban J connectivity index is 1.86. The van der Waals surface area contributed by atoms with Crippen LogP contribution in [0.25, 0.3) is 0 Å². The highest BCUT2D eigenvalue weighted by Gasteiger charge is 2.35. The minimum Gasteiger partial charge on any atom is -0.480 e. The Morgan fingerprint density at radius 2 is 1.83 bits per heavy atom. The predicted octanol–water partition coefficient (Wildman–Crippen LogP) is 1.26. The highest BCUT2D eigenvalue weighted by atomic mass is 16.4. The number of aliphatic carboxylic acids is 1. The van der Waals surface area contributed by atoms with Crippen molar-refractivity contribution in [3.8, 4) is 0 Å². The van der Waals surface area contributed by atoms with Crippen LogP contribution in [0.1, 0.15) is 46.0 Å². The maximum absolute atomic E-state index is 12.8. The smallest absolute Gasteiger partial charge is 0.317 e. The van der Waals surface area contributed by atoms with E-state index in [1.54, 1.807) is 0 Å². The van der Waals surface area contributed by atoms with E-state index in [0.29, 0.717) is 0 Å². The van der Waals surface area contributed by atoms with Crippen LogP contribution >= 0.6 is 0 Å². The molecule has 1 N–H and O–H groups in total. The first kappa shape index (κ1) is 18.2. The monoisotopic (exact) mass is 325 g/mol. The number of carbonyl (C=O) groups is 2. The van der Waals surface area contributed by atoms with Gasteiger partial charge in [-0.2, -0.15) is 0 Å². The molecule has 0 spiro atoms. The molecule has 0 saturated carbocycles. The van der Waals surface area contributed by atoms with Crippen LogP contribution in [0, 0.1) is 0 Å². The lowest BCUT2D eigenvalue weighted by molar-refractivity contribution is -0.141. The van der Waals surface area contributed by atoms with Crippen molar-refractivity contribution in [2.75, 3.05) is 39.3 Å². The zero-order valence-corrected chi connectivity index (χ0v) is 14.5. The fraction of sp³-hybridized carbons (Fsp3) is 0.882. The minimum atomic E-state index is -0.772. The molecule has 2 aliphatic rings. The Morgan fingerprint density at radius 1 is 1.13 bits per heavy atom. The van der Waals surface area contributed by atoms with Gasteiger partial charge in [0.2, 0.25) is 5.91 Å². The summed E-state index contributed by atoms with van der Waals surface area (Å²) in [5.74, 6) is -0.484. The molecule has 0 radical (unpaired) electrons. The maximum atomic E-state index is 12.8. The number of nitrogens with zero attached hydrogens (tertiary/aromatic N) is 3. The molecule has 2 fully saturated rings. The van der Waals surface area contributed by atoms with Gasteiger partial charge in [0.15, 0.2) is 0 Å². The molecule has 0 aromatic rings. The van der Waals surface area contributed by atoms with Crippen LogP contribution in [0.4, 0.5) is 0 Å². The van der Waals surface area contributed by atoms with Crippen molar-refractivity contribution in [2.24, 2.45) is 0 Å². The molecule has 132 valence electrons. The normalized spacial score (nSPS) is 23.6. The quantitative estimate of drug-likeness (QED) is 0.763. The lowest BCUT2D eigenvalue weighted by Crippen LogP contribution is -2.52. The van der Waals surface area contributed by atoms with Gasteiger partial charge in [-0.15, -0.1) is 0 Å². The molecule has 2 aliphatic heterocycles. The van der Waals surface area contributed by atoms with Crippen LogP contribution in [0.15, 0.2) is 0 Å². The van der Waals surface area contributed by atoms with Gasteiger partial charge in [0.25, 0.3) is 0 Å². The van der Waals surface area contributed by atoms with Crippen LogP contribution < -0.4 is 0 Å². The number of likely N-dealkylation sites (N-methyl/N-ethyl adjacent to an activating group) is 1. The summed E-state index contributed by atoms with van der Waals surface area (Å²) < 4.78 is 0. The molecule has 1 atom stereocenters.